The van der Waals surface area contributed by atoms with Gasteiger partial charge in [-0.2, -0.15) is 0 Å². The van der Waals surface area contributed by atoms with Crippen molar-refractivity contribution in [3.8, 4) is 5.75 Å². The Balaban J connectivity index is 1.95. The van der Waals surface area contributed by atoms with E-state index in [-0.39, 0.29) is 5.91 Å². The topological polar surface area (TPSA) is 41.6 Å². The van der Waals surface area contributed by atoms with Gasteiger partial charge in [-0.05, 0) is 43.7 Å². The van der Waals surface area contributed by atoms with Crippen LogP contribution in [-0.4, -0.2) is 26.1 Å². The standard InChI is InChI=1S/C19H24N2O2/c1-4-21(16-8-6-5-7-9-16)19(22)12-13-20-17-14-15(2)10-11-18(17)23-3/h5-11,14,20H,4,12-13H2,1-3H3. The van der Waals surface area contributed by atoms with Gasteiger partial charge >= 0.3 is 0 Å². The first-order valence-electron chi connectivity index (χ1n) is 7.89. The van der Waals surface area contributed by atoms with Crippen LogP contribution in [0, 0.1) is 6.92 Å². The van der Waals surface area contributed by atoms with Crippen molar-refractivity contribution in [1.29, 1.82) is 0 Å². The van der Waals surface area contributed by atoms with Gasteiger partial charge < -0.3 is 15.0 Å². The molecule has 0 saturated carbocycles. The van der Waals surface area contributed by atoms with E-state index in [1.165, 1.54) is 0 Å². The second-order valence-electron chi connectivity index (χ2n) is 5.35. The van der Waals surface area contributed by atoms with Gasteiger partial charge in [0, 0.05) is 25.2 Å². The van der Waals surface area contributed by atoms with Crippen molar-refractivity contribution in [2.75, 3.05) is 30.4 Å². The van der Waals surface area contributed by atoms with E-state index in [4.69, 9.17) is 4.74 Å². The van der Waals surface area contributed by atoms with Crippen molar-refractivity contribution < 1.29 is 9.53 Å². The Morgan fingerprint density at radius 1 is 1.17 bits per heavy atom. The number of hydrogen-bond donors (Lipinski definition) is 1. The van der Waals surface area contributed by atoms with Crippen molar-refractivity contribution in [2.45, 2.75) is 20.3 Å². The van der Waals surface area contributed by atoms with Gasteiger partial charge in [-0.3, -0.25) is 4.79 Å². The van der Waals surface area contributed by atoms with E-state index in [2.05, 4.69) is 5.32 Å². The maximum absolute atomic E-state index is 12.4. The van der Waals surface area contributed by atoms with Crippen LogP contribution >= 0.6 is 0 Å². The number of para-hydroxylation sites is 1. The molecule has 0 fully saturated rings. The molecular formula is C19H24N2O2. The fourth-order valence-corrected chi connectivity index (χ4v) is 2.51. The lowest BCUT2D eigenvalue weighted by molar-refractivity contribution is -0.118. The van der Waals surface area contributed by atoms with E-state index in [1.807, 2.05) is 62.4 Å². The van der Waals surface area contributed by atoms with Crippen LogP contribution < -0.4 is 15.0 Å². The average Bonchev–Trinajstić information content (AvgIpc) is 2.57. The van der Waals surface area contributed by atoms with E-state index >= 15 is 0 Å². The Hall–Kier alpha value is -2.49. The van der Waals surface area contributed by atoms with Crippen LogP contribution in [0.25, 0.3) is 0 Å². The molecule has 0 aliphatic heterocycles. The number of nitrogens with zero attached hydrogens (tertiary/aromatic N) is 1. The first kappa shape index (κ1) is 16.9. The summed E-state index contributed by atoms with van der Waals surface area (Å²) in [4.78, 5) is 14.2. The number of ether oxygens (including phenoxy) is 1. The minimum absolute atomic E-state index is 0.109. The van der Waals surface area contributed by atoms with Gasteiger partial charge in [0.1, 0.15) is 5.75 Å². The summed E-state index contributed by atoms with van der Waals surface area (Å²) in [5.74, 6) is 0.899. The van der Waals surface area contributed by atoms with Gasteiger partial charge in [0.2, 0.25) is 5.91 Å². The summed E-state index contributed by atoms with van der Waals surface area (Å²) in [6, 6.07) is 15.7. The molecule has 2 aromatic rings. The zero-order valence-electron chi connectivity index (χ0n) is 14.0. The van der Waals surface area contributed by atoms with Crippen LogP contribution in [0.5, 0.6) is 5.75 Å². The summed E-state index contributed by atoms with van der Waals surface area (Å²) in [6.45, 7) is 5.25. The third kappa shape index (κ3) is 4.49. The summed E-state index contributed by atoms with van der Waals surface area (Å²) in [7, 11) is 1.65. The lowest BCUT2D eigenvalue weighted by Gasteiger charge is -2.21. The Bertz CT molecular complexity index is 641. The number of anilines is 2. The molecule has 2 rings (SSSR count). The van der Waals surface area contributed by atoms with Crippen LogP contribution in [0.4, 0.5) is 11.4 Å². The first-order chi connectivity index (χ1) is 11.2. The Labute approximate surface area is 138 Å². The molecule has 4 nitrogen and oxygen atoms in total. The molecule has 122 valence electrons. The van der Waals surface area contributed by atoms with Gasteiger partial charge in [0.05, 0.1) is 12.8 Å². The van der Waals surface area contributed by atoms with Crippen LogP contribution in [-0.2, 0) is 4.79 Å². The zero-order valence-corrected chi connectivity index (χ0v) is 14.0. The summed E-state index contributed by atoms with van der Waals surface area (Å²) in [5, 5.41) is 3.29. The molecule has 0 radical (unpaired) electrons. The predicted molar refractivity (Wildman–Crippen MR) is 95.3 cm³/mol. The second-order valence-corrected chi connectivity index (χ2v) is 5.35. The molecule has 0 aliphatic carbocycles. The van der Waals surface area contributed by atoms with Crippen molar-refractivity contribution in [3.05, 3.63) is 54.1 Å². The van der Waals surface area contributed by atoms with Crippen LogP contribution in [0.3, 0.4) is 0 Å². The Kier molecular flexibility index (Phi) is 6.03. The van der Waals surface area contributed by atoms with Crippen molar-refractivity contribution >= 4 is 17.3 Å². The summed E-state index contributed by atoms with van der Waals surface area (Å²) < 4.78 is 5.34. The number of carbonyl (C=O) groups excluding carboxylic acids is 1. The SMILES string of the molecule is CCN(C(=O)CCNc1cc(C)ccc1OC)c1ccccc1. The van der Waals surface area contributed by atoms with E-state index in [9.17, 15) is 4.79 Å². The van der Waals surface area contributed by atoms with Gasteiger partial charge in [0.25, 0.3) is 0 Å². The quantitative estimate of drug-likeness (QED) is 0.844. The molecule has 4 heteroatoms. The molecule has 0 saturated heterocycles. The number of hydrogen-bond acceptors (Lipinski definition) is 3. The molecule has 0 heterocycles. The third-order valence-corrected chi connectivity index (χ3v) is 3.69. The van der Waals surface area contributed by atoms with Crippen LogP contribution in [0.1, 0.15) is 18.9 Å². The summed E-state index contributed by atoms with van der Waals surface area (Å²) in [6.07, 6.45) is 0.430. The highest BCUT2D eigenvalue weighted by Gasteiger charge is 2.13. The lowest BCUT2D eigenvalue weighted by atomic mass is 10.2. The number of rotatable bonds is 7. The highest BCUT2D eigenvalue weighted by molar-refractivity contribution is 5.93. The maximum atomic E-state index is 12.4. The van der Waals surface area contributed by atoms with Gasteiger partial charge in [0.15, 0.2) is 0 Å². The Morgan fingerprint density at radius 3 is 2.57 bits per heavy atom. The second kappa shape index (κ2) is 8.22. The average molecular weight is 312 g/mol. The van der Waals surface area contributed by atoms with E-state index in [1.54, 1.807) is 12.0 Å². The summed E-state index contributed by atoms with van der Waals surface area (Å²) >= 11 is 0. The lowest BCUT2D eigenvalue weighted by Crippen LogP contribution is -2.31. The highest BCUT2D eigenvalue weighted by Crippen LogP contribution is 2.25. The number of carbonyl (C=O) groups is 1. The molecule has 1 N–H and O–H groups in total. The molecule has 0 bridgehead atoms. The van der Waals surface area contributed by atoms with Gasteiger partial charge in [-0.15, -0.1) is 0 Å². The smallest absolute Gasteiger partial charge is 0.228 e. The molecule has 0 unspecified atom stereocenters. The minimum Gasteiger partial charge on any atom is -0.495 e. The molecular weight excluding hydrogens is 288 g/mol. The molecule has 2 aromatic carbocycles. The maximum Gasteiger partial charge on any atom is 0.228 e. The normalized spacial score (nSPS) is 10.2. The van der Waals surface area contributed by atoms with Crippen molar-refractivity contribution in [3.63, 3.8) is 0 Å². The van der Waals surface area contributed by atoms with Gasteiger partial charge in [-0.25, -0.2) is 0 Å². The van der Waals surface area contributed by atoms with Crippen molar-refractivity contribution in [2.24, 2.45) is 0 Å². The number of amides is 1. The number of aryl methyl sites for hydroxylation is 1. The molecule has 0 aromatic heterocycles. The molecule has 23 heavy (non-hydrogen) atoms. The molecule has 0 aliphatic rings. The molecule has 1 amide bonds. The van der Waals surface area contributed by atoms with Crippen LogP contribution in [0.15, 0.2) is 48.5 Å². The molecule has 0 atom stereocenters. The number of nitrogens with one attached hydrogen (secondary N) is 1. The van der Waals surface area contributed by atoms with E-state index in [0.717, 1.165) is 22.7 Å². The summed E-state index contributed by atoms with van der Waals surface area (Å²) in [5.41, 5.74) is 3.01. The van der Waals surface area contributed by atoms with E-state index in [0.29, 0.717) is 19.5 Å². The van der Waals surface area contributed by atoms with Crippen LogP contribution in [0.2, 0.25) is 0 Å². The largest absolute Gasteiger partial charge is 0.495 e. The minimum atomic E-state index is 0.109. The monoisotopic (exact) mass is 312 g/mol. The fourth-order valence-electron chi connectivity index (χ4n) is 2.51. The van der Waals surface area contributed by atoms with Crippen molar-refractivity contribution in [1.82, 2.24) is 0 Å². The first-order valence-corrected chi connectivity index (χ1v) is 7.89. The van der Waals surface area contributed by atoms with Gasteiger partial charge in [-0.1, -0.05) is 24.3 Å². The molecule has 0 spiro atoms. The predicted octanol–water partition coefficient (Wildman–Crippen LogP) is 3.86. The zero-order chi connectivity index (χ0) is 16.7. The third-order valence-electron chi connectivity index (χ3n) is 3.69. The fraction of sp³-hybridized carbons (Fsp3) is 0.316. The Morgan fingerprint density at radius 2 is 1.91 bits per heavy atom. The van der Waals surface area contributed by atoms with E-state index < -0.39 is 0 Å². The highest BCUT2D eigenvalue weighted by atomic mass is 16.5. The number of benzene rings is 2. The number of methoxy groups -OCH3 is 1.